The SMILES string of the molecule is O=C(COC(=O)C1CCC1)Nc1cccc(C(F)(F)F)c1. The van der Waals surface area contributed by atoms with Crippen molar-refractivity contribution >= 4 is 17.6 Å². The Labute approximate surface area is 119 Å². The molecule has 2 rings (SSSR count). The van der Waals surface area contributed by atoms with Gasteiger partial charge in [-0.3, -0.25) is 9.59 Å². The number of anilines is 1. The van der Waals surface area contributed by atoms with Gasteiger partial charge < -0.3 is 10.1 Å². The topological polar surface area (TPSA) is 55.4 Å². The van der Waals surface area contributed by atoms with Gasteiger partial charge in [0.25, 0.3) is 5.91 Å². The number of nitrogens with one attached hydrogen (secondary N) is 1. The van der Waals surface area contributed by atoms with E-state index in [1.807, 2.05) is 0 Å². The van der Waals surface area contributed by atoms with Crippen molar-refractivity contribution in [1.82, 2.24) is 0 Å². The van der Waals surface area contributed by atoms with Crippen LogP contribution < -0.4 is 5.32 Å². The third-order valence-corrected chi connectivity index (χ3v) is 3.26. The van der Waals surface area contributed by atoms with Crippen LogP contribution in [0, 0.1) is 5.92 Å². The number of carbonyl (C=O) groups excluding carboxylic acids is 2. The molecule has 1 amide bonds. The number of hydrogen-bond acceptors (Lipinski definition) is 3. The van der Waals surface area contributed by atoms with Crippen LogP contribution in [0.5, 0.6) is 0 Å². The first-order valence-corrected chi connectivity index (χ1v) is 6.50. The van der Waals surface area contributed by atoms with Crippen molar-refractivity contribution in [2.75, 3.05) is 11.9 Å². The Hall–Kier alpha value is -2.05. The van der Waals surface area contributed by atoms with E-state index in [2.05, 4.69) is 5.32 Å². The van der Waals surface area contributed by atoms with Crippen LogP contribution in [-0.2, 0) is 20.5 Å². The van der Waals surface area contributed by atoms with E-state index < -0.39 is 30.2 Å². The molecule has 7 heteroatoms. The minimum Gasteiger partial charge on any atom is -0.455 e. The van der Waals surface area contributed by atoms with Crippen LogP contribution in [0.2, 0.25) is 0 Å². The van der Waals surface area contributed by atoms with Crippen molar-refractivity contribution in [1.29, 1.82) is 0 Å². The van der Waals surface area contributed by atoms with Gasteiger partial charge in [0, 0.05) is 5.69 Å². The van der Waals surface area contributed by atoms with Crippen LogP contribution in [0.25, 0.3) is 0 Å². The number of amides is 1. The second-order valence-corrected chi connectivity index (χ2v) is 4.86. The molecule has 1 aromatic carbocycles. The second-order valence-electron chi connectivity index (χ2n) is 4.86. The molecule has 1 fully saturated rings. The molecule has 0 heterocycles. The summed E-state index contributed by atoms with van der Waals surface area (Å²) in [6.45, 7) is -0.494. The summed E-state index contributed by atoms with van der Waals surface area (Å²) < 4.78 is 42.3. The highest BCUT2D eigenvalue weighted by molar-refractivity contribution is 5.93. The summed E-state index contributed by atoms with van der Waals surface area (Å²) in [6, 6.07) is 4.26. The predicted octanol–water partition coefficient (Wildman–Crippen LogP) is 2.99. The third-order valence-electron chi connectivity index (χ3n) is 3.26. The molecule has 4 nitrogen and oxygen atoms in total. The van der Waals surface area contributed by atoms with Gasteiger partial charge in [-0.05, 0) is 31.0 Å². The van der Waals surface area contributed by atoms with Crippen LogP contribution in [0.3, 0.4) is 0 Å². The molecule has 0 saturated heterocycles. The molecule has 1 saturated carbocycles. The first-order valence-electron chi connectivity index (χ1n) is 6.50. The first kappa shape index (κ1) is 15.3. The highest BCUT2D eigenvalue weighted by Crippen LogP contribution is 2.30. The molecule has 0 spiro atoms. The van der Waals surface area contributed by atoms with E-state index in [1.54, 1.807) is 0 Å². The average molecular weight is 301 g/mol. The lowest BCUT2D eigenvalue weighted by atomic mass is 9.86. The Bertz CT molecular complexity index is 539. The molecular formula is C14H14F3NO3. The van der Waals surface area contributed by atoms with Gasteiger partial charge in [0.1, 0.15) is 0 Å². The van der Waals surface area contributed by atoms with E-state index in [0.29, 0.717) is 0 Å². The number of alkyl halides is 3. The fourth-order valence-electron chi connectivity index (χ4n) is 1.87. The molecule has 0 aromatic heterocycles. The van der Waals surface area contributed by atoms with Crippen molar-refractivity contribution in [2.24, 2.45) is 5.92 Å². The van der Waals surface area contributed by atoms with Crippen molar-refractivity contribution in [3.63, 3.8) is 0 Å². The van der Waals surface area contributed by atoms with Crippen molar-refractivity contribution in [2.45, 2.75) is 25.4 Å². The summed E-state index contributed by atoms with van der Waals surface area (Å²) in [7, 11) is 0. The van der Waals surface area contributed by atoms with Crippen LogP contribution in [-0.4, -0.2) is 18.5 Å². The van der Waals surface area contributed by atoms with Crippen LogP contribution in [0.15, 0.2) is 24.3 Å². The summed E-state index contributed by atoms with van der Waals surface area (Å²) in [5.41, 5.74) is -0.846. The summed E-state index contributed by atoms with van der Waals surface area (Å²) in [5.74, 6) is -1.24. The molecule has 1 aromatic rings. The Morgan fingerprint density at radius 1 is 1.29 bits per heavy atom. The normalized spacial score (nSPS) is 15.2. The number of benzene rings is 1. The standard InChI is InChI=1S/C14H14F3NO3/c15-14(16,17)10-5-2-6-11(7-10)18-12(19)8-21-13(20)9-3-1-4-9/h2,5-7,9H,1,3-4,8H2,(H,18,19). The van der Waals surface area contributed by atoms with Crippen molar-refractivity contribution < 1.29 is 27.5 Å². The molecule has 0 radical (unpaired) electrons. The van der Waals surface area contributed by atoms with Gasteiger partial charge >= 0.3 is 12.1 Å². The number of halogens is 3. The number of rotatable bonds is 4. The van der Waals surface area contributed by atoms with Gasteiger partial charge in [-0.2, -0.15) is 13.2 Å². The number of carbonyl (C=O) groups is 2. The Morgan fingerprint density at radius 3 is 2.57 bits per heavy atom. The van der Waals surface area contributed by atoms with Crippen molar-refractivity contribution in [3.05, 3.63) is 29.8 Å². The van der Waals surface area contributed by atoms with Gasteiger partial charge in [0.05, 0.1) is 11.5 Å². The lowest BCUT2D eigenvalue weighted by molar-refractivity contribution is -0.154. The molecule has 0 aliphatic heterocycles. The van der Waals surface area contributed by atoms with Gasteiger partial charge in [0.15, 0.2) is 6.61 Å². The Balaban J connectivity index is 1.86. The predicted molar refractivity (Wildman–Crippen MR) is 68.4 cm³/mol. The van der Waals surface area contributed by atoms with E-state index in [4.69, 9.17) is 4.74 Å². The smallest absolute Gasteiger partial charge is 0.416 e. The zero-order valence-electron chi connectivity index (χ0n) is 11.1. The number of hydrogen-bond donors (Lipinski definition) is 1. The molecular weight excluding hydrogens is 287 g/mol. The molecule has 1 aliphatic carbocycles. The highest BCUT2D eigenvalue weighted by Gasteiger charge is 2.30. The molecule has 0 atom stereocenters. The highest BCUT2D eigenvalue weighted by atomic mass is 19.4. The third kappa shape index (κ3) is 4.21. The van der Waals surface area contributed by atoms with E-state index >= 15 is 0 Å². The zero-order chi connectivity index (χ0) is 15.5. The van der Waals surface area contributed by atoms with Gasteiger partial charge in [-0.15, -0.1) is 0 Å². The summed E-state index contributed by atoms with van der Waals surface area (Å²) >= 11 is 0. The summed E-state index contributed by atoms with van der Waals surface area (Å²) in [6.07, 6.45) is -1.99. The van der Waals surface area contributed by atoms with Crippen LogP contribution in [0.4, 0.5) is 18.9 Å². The van der Waals surface area contributed by atoms with Crippen LogP contribution >= 0.6 is 0 Å². The average Bonchev–Trinajstić information content (AvgIpc) is 2.33. The van der Waals surface area contributed by atoms with E-state index in [-0.39, 0.29) is 11.6 Å². The minimum atomic E-state index is -4.47. The Kier molecular flexibility index (Phi) is 4.50. The molecule has 0 bridgehead atoms. The molecule has 0 unspecified atom stereocenters. The molecule has 21 heavy (non-hydrogen) atoms. The maximum Gasteiger partial charge on any atom is 0.416 e. The fraction of sp³-hybridized carbons (Fsp3) is 0.429. The molecule has 1 aliphatic rings. The monoisotopic (exact) mass is 301 g/mol. The van der Waals surface area contributed by atoms with Crippen molar-refractivity contribution in [3.8, 4) is 0 Å². The minimum absolute atomic E-state index is 0.00881. The fourth-order valence-corrected chi connectivity index (χ4v) is 1.87. The zero-order valence-corrected chi connectivity index (χ0v) is 11.1. The maximum atomic E-state index is 12.5. The second kappa shape index (κ2) is 6.15. The first-order chi connectivity index (χ1) is 9.86. The largest absolute Gasteiger partial charge is 0.455 e. The van der Waals surface area contributed by atoms with Gasteiger partial charge in [-0.1, -0.05) is 12.5 Å². The number of ether oxygens (including phenoxy) is 1. The van der Waals surface area contributed by atoms with E-state index in [0.717, 1.165) is 31.4 Å². The maximum absolute atomic E-state index is 12.5. The number of esters is 1. The van der Waals surface area contributed by atoms with E-state index in [9.17, 15) is 22.8 Å². The van der Waals surface area contributed by atoms with Gasteiger partial charge in [-0.25, -0.2) is 0 Å². The van der Waals surface area contributed by atoms with Crippen LogP contribution in [0.1, 0.15) is 24.8 Å². The van der Waals surface area contributed by atoms with Gasteiger partial charge in [0.2, 0.25) is 0 Å². The summed E-state index contributed by atoms with van der Waals surface area (Å²) in [5, 5.41) is 2.27. The molecule has 1 N–H and O–H groups in total. The lowest BCUT2D eigenvalue weighted by Gasteiger charge is -2.22. The Morgan fingerprint density at radius 2 is 2.00 bits per heavy atom. The lowest BCUT2D eigenvalue weighted by Crippen LogP contribution is -2.28. The molecule has 114 valence electrons. The van der Waals surface area contributed by atoms with E-state index in [1.165, 1.54) is 12.1 Å². The summed E-state index contributed by atoms with van der Waals surface area (Å²) in [4.78, 5) is 23.0. The quantitative estimate of drug-likeness (QED) is 0.870.